The van der Waals surface area contributed by atoms with E-state index < -0.39 is 11.7 Å². The maximum absolute atomic E-state index is 12.6. The molecular weight excluding hydrogens is 411 g/mol. The fourth-order valence-corrected chi connectivity index (χ4v) is 4.87. The molecule has 2 aliphatic carbocycles. The number of rotatable bonds is 2. The molecule has 0 aromatic heterocycles. The largest absolute Gasteiger partial charge is 0.416 e. The fourth-order valence-electron chi connectivity index (χ4n) is 4.87. The van der Waals surface area contributed by atoms with Crippen molar-refractivity contribution in [2.24, 2.45) is 22.1 Å². The normalized spacial score (nSPS) is 23.9. The number of aliphatic imine (C=N–C) groups is 1. The quantitative estimate of drug-likeness (QED) is 0.520. The molecule has 0 bridgehead atoms. The maximum atomic E-state index is 12.6. The number of guanidine groups is 1. The highest BCUT2D eigenvalue weighted by Gasteiger charge is 2.35. The van der Waals surface area contributed by atoms with Crippen LogP contribution in [-0.4, -0.2) is 22.9 Å². The second kappa shape index (κ2) is 9.11. The molecule has 0 spiro atoms. The van der Waals surface area contributed by atoms with Gasteiger partial charge in [0.2, 0.25) is 0 Å². The second-order valence-electron chi connectivity index (χ2n) is 10.9. The number of fused-ring (bicyclic) bond motifs is 1. The minimum Gasteiger partial charge on any atom is -0.370 e. The molecule has 6 heteroatoms. The molecule has 32 heavy (non-hydrogen) atoms. The van der Waals surface area contributed by atoms with E-state index in [0.717, 1.165) is 48.5 Å². The van der Waals surface area contributed by atoms with E-state index in [1.807, 2.05) is 6.92 Å². The Kier molecular flexibility index (Phi) is 7.48. The lowest BCUT2D eigenvalue weighted by Crippen LogP contribution is -2.45. The predicted octanol–water partition coefficient (Wildman–Crippen LogP) is 7.13. The van der Waals surface area contributed by atoms with Crippen molar-refractivity contribution in [1.29, 1.82) is 0 Å². The molecule has 1 saturated carbocycles. The van der Waals surface area contributed by atoms with Crippen molar-refractivity contribution in [3.63, 3.8) is 0 Å². The zero-order valence-electron chi connectivity index (χ0n) is 19.4. The number of halogens is 3. The molecule has 0 radical (unpaired) electrons. The molecule has 1 aliphatic heterocycles. The summed E-state index contributed by atoms with van der Waals surface area (Å²) in [7, 11) is 0. The van der Waals surface area contributed by atoms with Gasteiger partial charge in [-0.05, 0) is 80.0 Å². The van der Waals surface area contributed by atoms with Crippen LogP contribution in [0.25, 0.3) is 0 Å². The predicted molar refractivity (Wildman–Crippen MR) is 128 cm³/mol. The molecule has 1 aromatic rings. The van der Waals surface area contributed by atoms with Crippen molar-refractivity contribution in [3.8, 4) is 0 Å². The Labute approximate surface area is 192 Å². The number of alkyl halides is 3. The molecule has 3 aliphatic rings. The van der Waals surface area contributed by atoms with Crippen LogP contribution in [0.3, 0.4) is 0 Å². The Morgan fingerprint density at radius 2 is 1.78 bits per heavy atom. The van der Waals surface area contributed by atoms with Gasteiger partial charge < -0.3 is 10.6 Å². The molecular formula is C26H40F3N3. The van der Waals surface area contributed by atoms with Crippen molar-refractivity contribution in [3.05, 3.63) is 47.2 Å². The molecule has 3 nitrogen and oxygen atoms in total. The lowest BCUT2D eigenvalue weighted by atomic mass is 9.69. The topological polar surface area (TPSA) is 41.6 Å². The Morgan fingerprint density at radius 1 is 1.16 bits per heavy atom. The van der Waals surface area contributed by atoms with E-state index in [9.17, 15) is 13.2 Å². The summed E-state index contributed by atoms with van der Waals surface area (Å²) in [4.78, 5) is 6.57. The molecule has 180 valence electrons. The molecule has 1 aromatic carbocycles. The average molecular weight is 452 g/mol. The van der Waals surface area contributed by atoms with Gasteiger partial charge in [0.15, 0.2) is 5.96 Å². The first-order chi connectivity index (χ1) is 14.2. The first kappa shape index (κ1) is 26.3. The fraction of sp³-hybridized carbons (Fsp3) is 0.654. The lowest BCUT2D eigenvalue weighted by molar-refractivity contribution is -0.137. The number of nitrogens with two attached hydrogens (primary N) is 1. The molecule has 4 rings (SSSR count). The van der Waals surface area contributed by atoms with E-state index in [1.54, 1.807) is 6.07 Å². The number of nitrogens with zero attached hydrogens (tertiary/aromatic N) is 2. The molecule has 2 N–H and O–H groups in total. The van der Waals surface area contributed by atoms with Crippen LogP contribution in [0.4, 0.5) is 13.2 Å². The van der Waals surface area contributed by atoms with Gasteiger partial charge >= 0.3 is 6.18 Å². The molecule has 0 saturated heterocycles. The monoisotopic (exact) mass is 451 g/mol. The van der Waals surface area contributed by atoms with Gasteiger partial charge in [-0.15, -0.1) is 0 Å². The Hall–Kier alpha value is -1.98. The first-order valence-corrected chi connectivity index (χ1v) is 11.2. The van der Waals surface area contributed by atoms with Crippen molar-refractivity contribution < 1.29 is 13.2 Å². The minimum absolute atomic E-state index is 0. The van der Waals surface area contributed by atoms with Gasteiger partial charge in [-0.1, -0.05) is 40.8 Å². The van der Waals surface area contributed by atoms with E-state index >= 15 is 0 Å². The summed E-state index contributed by atoms with van der Waals surface area (Å²) in [6.45, 7) is 15.7. The SMILES string of the molecule is C.C=C1CC(C)(C)N=C(N)N1CC1CC1.CC1CC(C)(C)Cc2ccc(C(F)(F)F)cc21. The molecule has 1 fully saturated rings. The lowest BCUT2D eigenvalue weighted by Gasteiger charge is -2.36. The number of benzene rings is 1. The smallest absolute Gasteiger partial charge is 0.370 e. The van der Waals surface area contributed by atoms with Crippen molar-refractivity contribution in [2.45, 2.75) is 91.8 Å². The maximum Gasteiger partial charge on any atom is 0.416 e. The van der Waals surface area contributed by atoms with Crippen LogP contribution >= 0.6 is 0 Å². The van der Waals surface area contributed by atoms with Crippen LogP contribution in [0.15, 0.2) is 35.5 Å². The highest BCUT2D eigenvalue weighted by Crippen LogP contribution is 2.43. The van der Waals surface area contributed by atoms with Crippen LogP contribution in [0, 0.1) is 11.3 Å². The summed E-state index contributed by atoms with van der Waals surface area (Å²) >= 11 is 0. The Balaban J connectivity index is 0.000000224. The summed E-state index contributed by atoms with van der Waals surface area (Å²) < 4.78 is 37.9. The highest BCUT2D eigenvalue weighted by atomic mass is 19.4. The third-order valence-electron chi connectivity index (χ3n) is 6.38. The Bertz CT molecular complexity index is 864. The van der Waals surface area contributed by atoms with Crippen LogP contribution in [0.5, 0.6) is 0 Å². The number of hydrogen-bond donors (Lipinski definition) is 1. The summed E-state index contributed by atoms with van der Waals surface area (Å²) in [5.74, 6) is 1.68. The zero-order valence-corrected chi connectivity index (χ0v) is 19.4. The summed E-state index contributed by atoms with van der Waals surface area (Å²) in [6.07, 6.45) is 1.16. The van der Waals surface area contributed by atoms with Crippen molar-refractivity contribution in [1.82, 2.24) is 4.90 Å². The first-order valence-electron chi connectivity index (χ1n) is 11.2. The molecule has 1 atom stereocenters. The standard InChI is InChI=1S/C14H17F3.C11H19N3.CH4/c1-9-7-13(2,3)8-10-4-5-11(6-12(9)10)14(15,16)17;1-8-6-11(2,3)13-10(12)14(8)7-9-4-5-9;/h4-6,9H,7-8H2,1-3H3;9H,1,4-7H2,2-3H3,(H2,12,13);1H4. The van der Waals surface area contributed by atoms with Gasteiger partial charge in [0.1, 0.15) is 0 Å². The van der Waals surface area contributed by atoms with Crippen molar-refractivity contribution in [2.75, 3.05) is 6.54 Å². The molecule has 1 unspecified atom stereocenters. The minimum atomic E-state index is -4.23. The van der Waals surface area contributed by atoms with E-state index in [2.05, 4.69) is 44.2 Å². The van der Waals surface area contributed by atoms with Crippen LogP contribution in [0.1, 0.15) is 90.3 Å². The third kappa shape index (κ3) is 6.52. The molecule has 0 amide bonds. The van der Waals surface area contributed by atoms with E-state index in [0.29, 0.717) is 5.96 Å². The summed E-state index contributed by atoms with van der Waals surface area (Å²) in [6, 6.07) is 4.18. The summed E-state index contributed by atoms with van der Waals surface area (Å²) in [5.41, 5.74) is 8.59. The van der Waals surface area contributed by atoms with Crippen molar-refractivity contribution >= 4 is 5.96 Å². The summed E-state index contributed by atoms with van der Waals surface area (Å²) in [5, 5.41) is 0. The van der Waals surface area contributed by atoms with E-state index in [-0.39, 0.29) is 24.3 Å². The Morgan fingerprint density at radius 3 is 2.31 bits per heavy atom. The van der Waals surface area contributed by atoms with Crippen LogP contribution in [0.2, 0.25) is 0 Å². The highest BCUT2D eigenvalue weighted by molar-refractivity contribution is 5.81. The second-order valence-corrected chi connectivity index (χ2v) is 10.9. The van der Waals surface area contributed by atoms with Gasteiger partial charge in [0.05, 0.1) is 11.1 Å². The van der Waals surface area contributed by atoms with E-state index in [4.69, 9.17) is 5.73 Å². The van der Waals surface area contributed by atoms with Gasteiger partial charge in [-0.25, -0.2) is 4.99 Å². The van der Waals surface area contributed by atoms with E-state index in [1.165, 1.54) is 25.0 Å². The third-order valence-corrected chi connectivity index (χ3v) is 6.38. The molecule has 1 heterocycles. The van der Waals surface area contributed by atoms with Gasteiger partial charge in [0, 0.05) is 18.7 Å². The average Bonchev–Trinajstić information content (AvgIpc) is 3.40. The zero-order chi connectivity index (χ0) is 23.2. The van der Waals surface area contributed by atoms with Gasteiger partial charge in [-0.3, -0.25) is 0 Å². The van der Waals surface area contributed by atoms with Gasteiger partial charge in [-0.2, -0.15) is 13.2 Å². The van der Waals surface area contributed by atoms with Gasteiger partial charge in [0.25, 0.3) is 0 Å². The number of hydrogen-bond acceptors (Lipinski definition) is 3. The van der Waals surface area contributed by atoms with Crippen LogP contribution < -0.4 is 5.73 Å². The van der Waals surface area contributed by atoms with Crippen LogP contribution in [-0.2, 0) is 12.6 Å².